The summed E-state index contributed by atoms with van der Waals surface area (Å²) in [5.74, 6) is -2.14. The molecule has 0 bridgehead atoms. The van der Waals surface area contributed by atoms with Gasteiger partial charge in [0, 0.05) is 11.6 Å². The number of halogens is 5. The predicted molar refractivity (Wildman–Crippen MR) is 59.8 cm³/mol. The molecule has 18 heavy (non-hydrogen) atoms. The van der Waals surface area contributed by atoms with Gasteiger partial charge in [0.05, 0.1) is 12.1 Å². The highest BCUT2D eigenvalue weighted by atomic mass is 127. The Kier molecular flexibility index (Phi) is 4.71. The fourth-order valence-electron chi connectivity index (χ4n) is 1.23. The van der Waals surface area contributed by atoms with Gasteiger partial charge in [-0.2, -0.15) is 0 Å². The monoisotopic (exact) mass is 379 g/mol. The maximum atomic E-state index is 12.6. The van der Waals surface area contributed by atoms with Crippen LogP contribution in [0.2, 0.25) is 0 Å². The molecule has 0 fully saturated rings. The number of aromatic nitrogens is 1. The Morgan fingerprint density at radius 3 is 2.56 bits per heavy atom. The highest BCUT2D eigenvalue weighted by Gasteiger charge is 2.33. The molecule has 0 amide bonds. The van der Waals surface area contributed by atoms with Crippen molar-refractivity contribution in [3.63, 3.8) is 0 Å². The standard InChI is InChI=1S/C9H6F4INO3/c10-3-5-4(1-8(16)17)6(2-7(14)15-5)18-9(11,12)13/h2H,1,3H2,(H,16,17). The largest absolute Gasteiger partial charge is 0.573 e. The third kappa shape index (κ3) is 4.27. The van der Waals surface area contributed by atoms with Gasteiger partial charge in [-0.15, -0.1) is 13.2 Å². The quantitative estimate of drug-likeness (QED) is 0.497. The minimum atomic E-state index is -4.98. The smallest absolute Gasteiger partial charge is 0.481 e. The second-order valence-electron chi connectivity index (χ2n) is 3.12. The average Bonchev–Trinajstić information content (AvgIpc) is 2.18. The number of carboxylic acids is 1. The van der Waals surface area contributed by atoms with Crippen LogP contribution in [-0.2, 0) is 17.9 Å². The van der Waals surface area contributed by atoms with Gasteiger partial charge in [-0.1, -0.05) is 0 Å². The number of ether oxygens (including phenoxy) is 1. The zero-order valence-electron chi connectivity index (χ0n) is 8.59. The average molecular weight is 379 g/mol. The minimum Gasteiger partial charge on any atom is -0.481 e. The Labute approximate surface area is 112 Å². The molecule has 0 saturated heterocycles. The second-order valence-corrected chi connectivity index (χ2v) is 4.23. The number of aliphatic carboxylic acids is 1. The maximum absolute atomic E-state index is 12.6. The lowest BCUT2D eigenvalue weighted by Gasteiger charge is -2.14. The van der Waals surface area contributed by atoms with E-state index in [1.807, 2.05) is 0 Å². The topological polar surface area (TPSA) is 59.4 Å². The molecule has 0 atom stereocenters. The molecule has 0 aliphatic rings. The molecule has 1 aromatic rings. The number of hydrogen-bond acceptors (Lipinski definition) is 3. The minimum absolute atomic E-state index is 0.0774. The Morgan fingerprint density at radius 2 is 2.11 bits per heavy atom. The van der Waals surface area contributed by atoms with Crippen LogP contribution >= 0.6 is 22.6 Å². The van der Waals surface area contributed by atoms with E-state index in [1.54, 1.807) is 22.6 Å². The van der Waals surface area contributed by atoms with Crippen molar-refractivity contribution in [3.05, 3.63) is 21.0 Å². The van der Waals surface area contributed by atoms with Crippen molar-refractivity contribution in [2.45, 2.75) is 19.5 Å². The third-order valence-electron chi connectivity index (χ3n) is 1.82. The molecule has 0 aliphatic carbocycles. The lowest BCUT2D eigenvalue weighted by Crippen LogP contribution is -2.20. The fraction of sp³-hybridized carbons (Fsp3) is 0.333. The molecule has 0 radical (unpaired) electrons. The van der Waals surface area contributed by atoms with Crippen LogP contribution in [0.15, 0.2) is 6.07 Å². The number of carbonyl (C=O) groups is 1. The van der Waals surface area contributed by atoms with Crippen molar-refractivity contribution in [3.8, 4) is 5.75 Å². The predicted octanol–water partition coefficient (Wildman–Crippen LogP) is 2.68. The van der Waals surface area contributed by atoms with Crippen LogP contribution in [0.3, 0.4) is 0 Å². The van der Waals surface area contributed by atoms with Crippen LogP contribution in [0.25, 0.3) is 0 Å². The normalized spacial score (nSPS) is 11.4. The molecule has 0 unspecified atom stereocenters. The Balaban J connectivity index is 3.27. The zero-order chi connectivity index (χ0) is 13.9. The number of alkyl halides is 4. The van der Waals surface area contributed by atoms with Crippen molar-refractivity contribution in [2.24, 2.45) is 0 Å². The van der Waals surface area contributed by atoms with Gasteiger partial charge in [0.25, 0.3) is 0 Å². The second kappa shape index (κ2) is 5.67. The summed E-state index contributed by atoms with van der Waals surface area (Å²) in [5.41, 5.74) is -0.786. The Hall–Kier alpha value is -1.13. The number of hydrogen-bond donors (Lipinski definition) is 1. The first-order valence-electron chi connectivity index (χ1n) is 4.44. The zero-order valence-corrected chi connectivity index (χ0v) is 10.7. The first-order valence-corrected chi connectivity index (χ1v) is 5.52. The van der Waals surface area contributed by atoms with E-state index in [1.165, 1.54) is 0 Å². The summed E-state index contributed by atoms with van der Waals surface area (Å²) in [6.07, 6.45) is -5.78. The summed E-state index contributed by atoms with van der Waals surface area (Å²) < 4.78 is 52.8. The molecule has 0 aromatic carbocycles. The van der Waals surface area contributed by atoms with E-state index in [4.69, 9.17) is 5.11 Å². The number of nitrogens with zero attached hydrogens (tertiary/aromatic N) is 1. The summed E-state index contributed by atoms with van der Waals surface area (Å²) in [6, 6.07) is 0.908. The van der Waals surface area contributed by atoms with Crippen molar-refractivity contribution >= 4 is 28.6 Å². The van der Waals surface area contributed by atoms with Gasteiger partial charge >= 0.3 is 12.3 Å². The molecule has 9 heteroatoms. The van der Waals surface area contributed by atoms with Crippen LogP contribution in [0.1, 0.15) is 11.3 Å². The van der Waals surface area contributed by atoms with Gasteiger partial charge in [0.1, 0.15) is 16.1 Å². The molecule has 4 nitrogen and oxygen atoms in total. The Bertz CT molecular complexity index is 464. The SMILES string of the molecule is O=C(O)Cc1c(OC(F)(F)F)cc(I)nc1CF. The maximum Gasteiger partial charge on any atom is 0.573 e. The first kappa shape index (κ1) is 14.9. The van der Waals surface area contributed by atoms with Gasteiger partial charge < -0.3 is 9.84 Å². The molecule has 0 aliphatic heterocycles. The summed E-state index contributed by atoms with van der Waals surface area (Å²) in [7, 11) is 0. The van der Waals surface area contributed by atoms with E-state index in [0.29, 0.717) is 0 Å². The van der Waals surface area contributed by atoms with Gasteiger partial charge in [0.15, 0.2) is 0 Å². The van der Waals surface area contributed by atoms with E-state index in [-0.39, 0.29) is 9.39 Å². The summed E-state index contributed by atoms with van der Waals surface area (Å²) >= 11 is 1.58. The number of carboxylic acid groups (broad SMARTS) is 1. The fourth-order valence-corrected chi connectivity index (χ4v) is 1.81. The van der Waals surface area contributed by atoms with Crippen molar-refractivity contribution in [1.29, 1.82) is 0 Å². The summed E-state index contributed by atoms with van der Waals surface area (Å²) in [5, 5.41) is 8.59. The third-order valence-corrected chi connectivity index (χ3v) is 2.37. The van der Waals surface area contributed by atoms with E-state index in [9.17, 15) is 22.4 Å². The highest BCUT2D eigenvalue weighted by molar-refractivity contribution is 14.1. The van der Waals surface area contributed by atoms with E-state index >= 15 is 0 Å². The number of rotatable bonds is 4. The van der Waals surface area contributed by atoms with Crippen LogP contribution in [0.4, 0.5) is 17.6 Å². The molecule has 100 valence electrons. The molecule has 1 N–H and O–H groups in total. The van der Waals surface area contributed by atoms with Gasteiger partial charge in [-0.05, 0) is 22.6 Å². The van der Waals surface area contributed by atoms with Crippen molar-refractivity contribution in [2.75, 3.05) is 0 Å². The molecule has 1 heterocycles. The van der Waals surface area contributed by atoms with Crippen LogP contribution < -0.4 is 4.74 Å². The highest BCUT2D eigenvalue weighted by Crippen LogP contribution is 2.30. The van der Waals surface area contributed by atoms with Crippen LogP contribution in [0.5, 0.6) is 5.75 Å². The molecule has 0 saturated carbocycles. The molecule has 0 spiro atoms. The molecular weight excluding hydrogens is 373 g/mol. The lowest BCUT2D eigenvalue weighted by molar-refractivity contribution is -0.275. The first-order chi connectivity index (χ1) is 8.23. The van der Waals surface area contributed by atoms with Gasteiger partial charge in [-0.25, -0.2) is 9.37 Å². The van der Waals surface area contributed by atoms with E-state index in [0.717, 1.165) is 6.07 Å². The number of pyridine rings is 1. The lowest BCUT2D eigenvalue weighted by atomic mass is 10.1. The van der Waals surface area contributed by atoms with Crippen LogP contribution in [0, 0.1) is 3.70 Å². The molecule has 1 rings (SSSR count). The van der Waals surface area contributed by atoms with Gasteiger partial charge in [0.2, 0.25) is 0 Å². The molecular formula is C9H6F4INO3. The van der Waals surface area contributed by atoms with E-state index in [2.05, 4.69) is 9.72 Å². The molecule has 1 aromatic heterocycles. The Morgan fingerprint density at radius 1 is 1.50 bits per heavy atom. The van der Waals surface area contributed by atoms with Crippen LogP contribution in [-0.4, -0.2) is 22.4 Å². The van der Waals surface area contributed by atoms with Gasteiger partial charge in [-0.3, -0.25) is 4.79 Å². The van der Waals surface area contributed by atoms with Crippen molar-refractivity contribution < 1.29 is 32.2 Å². The van der Waals surface area contributed by atoms with Crippen molar-refractivity contribution in [1.82, 2.24) is 4.98 Å². The summed E-state index contributed by atoms with van der Waals surface area (Å²) in [6.45, 7) is -1.17. The summed E-state index contributed by atoms with van der Waals surface area (Å²) in [4.78, 5) is 14.2. The van der Waals surface area contributed by atoms with E-state index < -0.39 is 36.7 Å².